The van der Waals surface area contributed by atoms with Crippen LogP contribution in [0.5, 0.6) is 0 Å². The number of anilines is 1. The van der Waals surface area contributed by atoms with Gasteiger partial charge in [0, 0.05) is 25.0 Å². The summed E-state index contributed by atoms with van der Waals surface area (Å²) in [5, 5.41) is 2.31. The van der Waals surface area contributed by atoms with Crippen LogP contribution in [0.2, 0.25) is 0 Å². The average molecular weight is 364 g/mol. The van der Waals surface area contributed by atoms with Gasteiger partial charge in [0.2, 0.25) is 5.91 Å². The van der Waals surface area contributed by atoms with E-state index in [9.17, 15) is 22.4 Å². The Hall–Kier alpha value is -3.16. The highest BCUT2D eigenvalue weighted by Gasteiger charge is 2.14. The molecule has 134 valence electrons. The minimum atomic E-state index is -0.886. The summed E-state index contributed by atoms with van der Waals surface area (Å²) in [6.45, 7) is 0. The highest BCUT2D eigenvalue weighted by Crippen LogP contribution is 2.24. The Labute approximate surface area is 145 Å². The topological polar surface area (TPSA) is 55.1 Å². The van der Waals surface area contributed by atoms with E-state index in [4.69, 9.17) is 4.42 Å². The number of hydrogen-bond donors (Lipinski definition) is 1. The van der Waals surface area contributed by atoms with Crippen molar-refractivity contribution in [2.75, 3.05) is 5.32 Å². The van der Waals surface area contributed by atoms with Gasteiger partial charge in [0.05, 0.1) is 17.4 Å². The monoisotopic (exact) mass is 364 g/mol. The first-order chi connectivity index (χ1) is 12.4. The highest BCUT2D eigenvalue weighted by molar-refractivity contribution is 5.90. The predicted molar refractivity (Wildman–Crippen MR) is 85.2 cm³/mol. The fourth-order valence-corrected chi connectivity index (χ4v) is 2.26. The number of benzene rings is 2. The van der Waals surface area contributed by atoms with Crippen LogP contribution in [0.15, 0.2) is 47.0 Å². The number of aromatic nitrogens is 1. The Morgan fingerprint density at radius 2 is 1.69 bits per heavy atom. The maximum atomic E-state index is 13.7. The number of amides is 1. The summed E-state index contributed by atoms with van der Waals surface area (Å²) < 4.78 is 58.3. The summed E-state index contributed by atoms with van der Waals surface area (Å²) in [7, 11) is 0. The standard InChI is InChI=1S/C18H12F4N2O2/c19-10-1-3-12(13(21)7-10)16-9-23-18(26-16)6-5-17(25)24-15-4-2-11(20)8-14(15)22/h1-4,7-9H,5-6H2,(H,24,25). The quantitative estimate of drug-likeness (QED) is 0.680. The third-order valence-corrected chi connectivity index (χ3v) is 3.52. The van der Waals surface area contributed by atoms with Crippen LogP contribution in [0.3, 0.4) is 0 Å². The third kappa shape index (κ3) is 4.08. The molecule has 8 heteroatoms. The SMILES string of the molecule is O=C(CCc1ncc(-c2ccc(F)cc2F)o1)Nc1ccc(F)cc1F. The first-order valence-corrected chi connectivity index (χ1v) is 7.57. The van der Waals surface area contributed by atoms with Gasteiger partial charge in [-0.25, -0.2) is 22.5 Å². The summed E-state index contributed by atoms with van der Waals surface area (Å²) in [5.41, 5.74) is -0.0964. The largest absolute Gasteiger partial charge is 0.441 e. The lowest BCUT2D eigenvalue weighted by Crippen LogP contribution is -2.13. The van der Waals surface area contributed by atoms with Gasteiger partial charge in [-0.1, -0.05) is 0 Å². The van der Waals surface area contributed by atoms with Gasteiger partial charge in [0.15, 0.2) is 11.7 Å². The lowest BCUT2D eigenvalue weighted by Gasteiger charge is -2.05. The summed E-state index contributed by atoms with van der Waals surface area (Å²) in [6, 6.07) is 5.83. The maximum absolute atomic E-state index is 13.7. The maximum Gasteiger partial charge on any atom is 0.224 e. The van der Waals surface area contributed by atoms with Gasteiger partial charge < -0.3 is 9.73 Å². The molecule has 0 bridgehead atoms. The number of carbonyl (C=O) groups excluding carboxylic acids is 1. The van der Waals surface area contributed by atoms with Crippen LogP contribution in [-0.4, -0.2) is 10.9 Å². The van der Waals surface area contributed by atoms with Crippen LogP contribution in [-0.2, 0) is 11.2 Å². The second kappa shape index (κ2) is 7.38. The Morgan fingerprint density at radius 3 is 2.38 bits per heavy atom. The number of hydrogen-bond acceptors (Lipinski definition) is 3. The van der Waals surface area contributed by atoms with E-state index in [-0.39, 0.29) is 35.7 Å². The first-order valence-electron chi connectivity index (χ1n) is 7.57. The van der Waals surface area contributed by atoms with Gasteiger partial charge in [0.25, 0.3) is 0 Å². The van der Waals surface area contributed by atoms with Crippen molar-refractivity contribution in [2.24, 2.45) is 0 Å². The van der Waals surface area contributed by atoms with Crippen molar-refractivity contribution in [1.82, 2.24) is 4.98 Å². The summed E-state index contributed by atoms with van der Waals surface area (Å²) in [5.74, 6) is -3.40. The molecular formula is C18H12F4N2O2. The fourth-order valence-electron chi connectivity index (χ4n) is 2.26. The van der Waals surface area contributed by atoms with Crippen LogP contribution < -0.4 is 5.32 Å². The van der Waals surface area contributed by atoms with Crippen LogP contribution in [0.4, 0.5) is 23.2 Å². The van der Waals surface area contributed by atoms with E-state index in [2.05, 4.69) is 10.3 Å². The van der Waals surface area contributed by atoms with Gasteiger partial charge >= 0.3 is 0 Å². The van der Waals surface area contributed by atoms with Crippen molar-refractivity contribution in [3.63, 3.8) is 0 Å². The molecule has 1 aromatic heterocycles. The molecule has 0 spiro atoms. The van der Waals surface area contributed by atoms with Crippen molar-refractivity contribution in [3.05, 3.63) is 71.8 Å². The second-order valence-electron chi connectivity index (χ2n) is 5.41. The lowest BCUT2D eigenvalue weighted by molar-refractivity contribution is -0.116. The molecule has 1 heterocycles. The second-order valence-corrected chi connectivity index (χ2v) is 5.41. The molecule has 0 aliphatic carbocycles. The van der Waals surface area contributed by atoms with Crippen molar-refractivity contribution in [1.29, 1.82) is 0 Å². The van der Waals surface area contributed by atoms with Crippen molar-refractivity contribution in [2.45, 2.75) is 12.8 Å². The number of nitrogens with one attached hydrogen (secondary N) is 1. The van der Waals surface area contributed by atoms with Crippen molar-refractivity contribution in [3.8, 4) is 11.3 Å². The van der Waals surface area contributed by atoms with Crippen molar-refractivity contribution < 1.29 is 26.8 Å². The number of oxazole rings is 1. The summed E-state index contributed by atoms with van der Waals surface area (Å²) >= 11 is 0. The van der Waals surface area contributed by atoms with E-state index >= 15 is 0 Å². The molecule has 0 atom stereocenters. The van der Waals surface area contributed by atoms with E-state index in [1.54, 1.807) is 0 Å². The van der Waals surface area contributed by atoms with Crippen molar-refractivity contribution >= 4 is 11.6 Å². The molecule has 0 radical (unpaired) electrons. The Morgan fingerprint density at radius 1 is 1.00 bits per heavy atom. The highest BCUT2D eigenvalue weighted by atomic mass is 19.1. The lowest BCUT2D eigenvalue weighted by atomic mass is 10.2. The average Bonchev–Trinajstić information content (AvgIpc) is 3.04. The van der Waals surface area contributed by atoms with Gasteiger partial charge in [0.1, 0.15) is 23.3 Å². The number of carbonyl (C=O) groups is 1. The Kier molecular flexibility index (Phi) is 5.01. The van der Waals surface area contributed by atoms with Gasteiger partial charge in [-0.05, 0) is 24.3 Å². The van der Waals surface area contributed by atoms with Crippen LogP contribution in [0.1, 0.15) is 12.3 Å². The minimum absolute atomic E-state index is 0.0444. The molecule has 0 aliphatic heterocycles. The number of rotatable bonds is 5. The predicted octanol–water partition coefficient (Wildman–Crippen LogP) is 4.47. The Balaban J connectivity index is 1.61. The van der Waals surface area contributed by atoms with Gasteiger partial charge in [-0.15, -0.1) is 0 Å². The molecule has 1 amide bonds. The molecule has 26 heavy (non-hydrogen) atoms. The molecule has 3 rings (SSSR count). The molecule has 0 saturated carbocycles. The molecule has 0 fully saturated rings. The van der Waals surface area contributed by atoms with Gasteiger partial charge in [-0.3, -0.25) is 4.79 Å². The van der Waals surface area contributed by atoms with E-state index in [1.807, 2.05) is 0 Å². The van der Waals surface area contributed by atoms with E-state index < -0.39 is 29.2 Å². The minimum Gasteiger partial charge on any atom is -0.441 e. The smallest absolute Gasteiger partial charge is 0.224 e. The van der Waals surface area contributed by atoms with Gasteiger partial charge in [-0.2, -0.15) is 0 Å². The summed E-state index contributed by atoms with van der Waals surface area (Å²) in [6.07, 6.45) is 1.27. The van der Waals surface area contributed by atoms with E-state index in [0.29, 0.717) is 6.07 Å². The van der Waals surface area contributed by atoms with E-state index in [0.717, 1.165) is 24.3 Å². The molecular weight excluding hydrogens is 352 g/mol. The zero-order valence-corrected chi connectivity index (χ0v) is 13.2. The van der Waals surface area contributed by atoms with Crippen LogP contribution >= 0.6 is 0 Å². The molecule has 4 nitrogen and oxygen atoms in total. The normalized spacial score (nSPS) is 10.8. The first kappa shape index (κ1) is 17.7. The van der Waals surface area contributed by atoms with Crippen LogP contribution in [0, 0.1) is 23.3 Å². The fraction of sp³-hybridized carbons (Fsp3) is 0.111. The molecule has 0 unspecified atom stereocenters. The number of nitrogens with zero attached hydrogens (tertiary/aromatic N) is 1. The third-order valence-electron chi connectivity index (χ3n) is 3.52. The zero-order chi connectivity index (χ0) is 18.7. The Bertz CT molecular complexity index is 956. The zero-order valence-electron chi connectivity index (χ0n) is 13.2. The number of aryl methyl sites for hydroxylation is 1. The van der Waals surface area contributed by atoms with E-state index in [1.165, 1.54) is 12.3 Å². The molecule has 0 aliphatic rings. The van der Waals surface area contributed by atoms with Crippen LogP contribution in [0.25, 0.3) is 11.3 Å². The number of halogens is 4. The molecule has 3 aromatic rings. The summed E-state index contributed by atoms with van der Waals surface area (Å²) in [4.78, 5) is 15.8. The molecule has 1 N–H and O–H groups in total. The molecule has 2 aromatic carbocycles. The molecule has 0 saturated heterocycles.